The Balaban J connectivity index is 1.74. The number of nitrogens with zero attached hydrogens (tertiary/aromatic N) is 1. The second-order valence-corrected chi connectivity index (χ2v) is 7.21. The number of thiazole rings is 1. The fourth-order valence-corrected chi connectivity index (χ4v) is 3.65. The fraction of sp³-hybridized carbons (Fsp3) is 0.0952. The minimum absolute atomic E-state index is 0.232. The topological polar surface area (TPSA) is 92.8 Å². The van der Waals surface area contributed by atoms with Crippen molar-refractivity contribution in [1.29, 1.82) is 0 Å². The zero-order valence-corrected chi connectivity index (χ0v) is 16.5. The van der Waals surface area contributed by atoms with Gasteiger partial charge in [0.2, 0.25) is 0 Å². The third kappa shape index (κ3) is 3.97. The second-order valence-electron chi connectivity index (χ2n) is 6.20. The van der Waals surface area contributed by atoms with E-state index in [0.29, 0.717) is 33.1 Å². The molecular weight excluding hydrogens is 390 g/mol. The van der Waals surface area contributed by atoms with Crippen molar-refractivity contribution in [3.8, 4) is 11.5 Å². The van der Waals surface area contributed by atoms with Crippen molar-refractivity contribution in [3.05, 3.63) is 73.2 Å². The maximum absolute atomic E-state index is 12.5. The summed E-state index contributed by atoms with van der Waals surface area (Å²) in [5, 5.41) is 4.53. The molecule has 1 aromatic heterocycles. The Kier molecular flexibility index (Phi) is 5.01. The van der Waals surface area contributed by atoms with Gasteiger partial charge in [-0.05, 0) is 42.5 Å². The van der Waals surface area contributed by atoms with Gasteiger partial charge in [0, 0.05) is 22.5 Å². The number of carbonyl (C=O) groups excluding carboxylic acids is 1. The van der Waals surface area contributed by atoms with Crippen LogP contribution in [0.4, 0.5) is 11.5 Å². The highest BCUT2D eigenvalue weighted by atomic mass is 32.1. The summed E-state index contributed by atoms with van der Waals surface area (Å²) in [7, 11) is 3.17. The lowest BCUT2D eigenvalue weighted by Crippen LogP contribution is -2.30. The Morgan fingerprint density at radius 3 is 2.66 bits per heavy atom. The molecule has 0 saturated heterocycles. The number of aromatic amines is 1. The smallest absolute Gasteiger partial charge is 0.306 e. The molecule has 1 amide bonds. The molecule has 0 spiro atoms. The van der Waals surface area contributed by atoms with Gasteiger partial charge in [0.25, 0.3) is 5.91 Å². The molecule has 7 nitrogen and oxygen atoms in total. The predicted octanol–water partition coefficient (Wildman–Crippen LogP) is 2.22. The van der Waals surface area contributed by atoms with Gasteiger partial charge in [-0.15, -0.1) is 0 Å². The van der Waals surface area contributed by atoms with Crippen LogP contribution >= 0.6 is 11.3 Å². The summed E-state index contributed by atoms with van der Waals surface area (Å²) < 4.78 is 10.5. The van der Waals surface area contributed by atoms with E-state index in [-0.39, 0.29) is 10.8 Å². The second kappa shape index (κ2) is 7.76. The van der Waals surface area contributed by atoms with Gasteiger partial charge in [0.05, 0.1) is 24.5 Å². The average Bonchev–Trinajstić information content (AvgIpc) is 3.07. The third-order valence-electron chi connectivity index (χ3n) is 4.32. The number of carbonyl (C=O) groups is 1. The maximum Gasteiger partial charge on any atom is 0.306 e. The number of amides is 1. The van der Waals surface area contributed by atoms with Crippen LogP contribution in [0.2, 0.25) is 0 Å². The molecule has 3 aromatic rings. The molecule has 146 valence electrons. The highest BCUT2D eigenvalue weighted by Gasteiger charge is 2.14. The number of H-pyrrole nitrogens is 1. The number of aromatic nitrogens is 1. The summed E-state index contributed by atoms with van der Waals surface area (Å²) in [4.78, 5) is 31.7. The summed E-state index contributed by atoms with van der Waals surface area (Å²) in [6.07, 6.45) is 3.39. The van der Waals surface area contributed by atoms with Crippen LogP contribution in [0.15, 0.2) is 57.8 Å². The molecule has 8 heteroatoms. The van der Waals surface area contributed by atoms with Gasteiger partial charge in [0.1, 0.15) is 17.3 Å². The number of nitrogens with one attached hydrogen (secondary N) is 2. The quantitative estimate of drug-likeness (QED) is 0.633. The molecule has 2 heterocycles. The van der Waals surface area contributed by atoms with Crippen molar-refractivity contribution >= 4 is 40.9 Å². The van der Waals surface area contributed by atoms with Crippen molar-refractivity contribution in [2.75, 3.05) is 19.5 Å². The Labute approximate surface area is 169 Å². The van der Waals surface area contributed by atoms with Gasteiger partial charge in [-0.25, -0.2) is 4.99 Å². The molecular formula is C21H17N3O4S. The standard InChI is InChI=1S/C21H17N3O4S/c1-27-15-5-3-4-14(11-15)22-19-18(29-21(26)24-19)10-13-8-12-9-16(28-2)6-7-17(12)23-20(13)25/h3-11,22H,1-2H3,(H,24,26)/b13-10-. The lowest BCUT2D eigenvalue weighted by molar-refractivity contribution is -0.114. The largest absolute Gasteiger partial charge is 0.497 e. The Morgan fingerprint density at radius 1 is 1.07 bits per heavy atom. The van der Waals surface area contributed by atoms with Crippen molar-refractivity contribution < 1.29 is 14.3 Å². The lowest BCUT2D eigenvalue weighted by Gasteiger charge is -2.08. The van der Waals surface area contributed by atoms with Gasteiger partial charge in [-0.2, -0.15) is 0 Å². The zero-order valence-electron chi connectivity index (χ0n) is 15.7. The first kappa shape index (κ1) is 18.7. The maximum atomic E-state index is 12.5. The summed E-state index contributed by atoms with van der Waals surface area (Å²) >= 11 is 1.01. The van der Waals surface area contributed by atoms with E-state index >= 15 is 0 Å². The monoisotopic (exact) mass is 407 g/mol. The number of ether oxygens (including phenoxy) is 2. The molecule has 29 heavy (non-hydrogen) atoms. The van der Waals surface area contributed by atoms with Crippen molar-refractivity contribution in [2.45, 2.75) is 0 Å². The van der Waals surface area contributed by atoms with Crippen LogP contribution in [-0.2, 0) is 4.79 Å². The Morgan fingerprint density at radius 2 is 1.86 bits per heavy atom. The third-order valence-corrected chi connectivity index (χ3v) is 5.15. The average molecular weight is 407 g/mol. The van der Waals surface area contributed by atoms with Gasteiger partial charge in [-0.1, -0.05) is 17.4 Å². The highest BCUT2D eigenvalue weighted by Crippen LogP contribution is 2.26. The van der Waals surface area contributed by atoms with Crippen LogP contribution in [0, 0.1) is 0 Å². The number of methoxy groups -OCH3 is 2. The molecule has 0 saturated carbocycles. The van der Waals surface area contributed by atoms with E-state index in [1.807, 2.05) is 30.3 Å². The van der Waals surface area contributed by atoms with E-state index in [2.05, 4.69) is 15.3 Å². The summed E-state index contributed by atoms with van der Waals surface area (Å²) in [5.74, 6) is 1.50. The fourth-order valence-electron chi connectivity index (χ4n) is 2.90. The molecule has 0 unspecified atom stereocenters. The van der Waals surface area contributed by atoms with Crippen LogP contribution < -0.4 is 30.2 Å². The van der Waals surface area contributed by atoms with Gasteiger partial charge in [0.15, 0.2) is 0 Å². The van der Waals surface area contributed by atoms with Crippen LogP contribution in [0.25, 0.3) is 12.2 Å². The van der Waals surface area contributed by atoms with E-state index < -0.39 is 0 Å². The van der Waals surface area contributed by atoms with Crippen molar-refractivity contribution in [2.24, 2.45) is 4.99 Å². The number of hydrogen-bond acceptors (Lipinski definition) is 6. The Bertz CT molecular complexity index is 1300. The molecule has 4 rings (SSSR count). The number of hydrogen-bond donors (Lipinski definition) is 2. The normalized spacial score (nSPS) is 14.0. The van der Waals surface area contributed by atoms with Gasteiger partial charge >= 0.3 is 4.87 Å². The highest BCUT2D eigenvalue weighted by molar-refractivity contribution is 7.10. The number of benzene rings is 2. The first-order chi connectivity index (χ1) is 14.1. The molecule has 1 aliphatic heterocycles. The minimum Gasteiger partial charge on any atom is -0.497 e. The molecule has 0 aliphatic carbocycles. The molecule has 0 radical (unpaired) electrons. The lowest BCUT2D eigenvalue weighted by atomic mass is 10.1. The summed E-state index contributed by atoms with van der Waals surface area (Å²) in [5.41, 5.74) is 1.13. The van der Waals surface area contributed by atoms with Gasteiger partial charge < -0.3 is 14.8 Å². The molecule has 0 bridgehead atoms. The first-order valence-electron chi connectivity index (χ1n) is 8.70. The van der Waals surface area contributed by atoms with E-state index in [1.165, 1.54) is 0 Å². The molecule has 0 fully saturated rings. The van der Waals surface area contributed by atoms with Crippen molar-refractivity contribution in [1.82, 2.24) is 4.98 Å². The Hall–Kier alpha value is -3.65. The first-order valence-corrected chi connectivity index (χ1v) is 9.52. The van der Waals surface area contributed by atoms with Crippen LogP contribution in [0.5, 0.6) is 11.5 Å². The predicted molar refractivity (Wildman–Crippen MR) is 112 cm³/mol. The van der Waals surface area contributed by atoms with Crippen LogP contribution in [0.1, 0.15) is 4.88 Å². The van der Waals surface area contributed by atoms with Gasteiger partial charge in [-0.3, -0.25) is 14.6 Å². The van der Waals surface area contributed by atoms with E-state index in [4.69, 9.17) is 9.47 Å². The zero-order chi connectivity index (χ0) is 20.4. The molecule has 0 atom stereocenters. The van der Waals surface area contributed by atoms with Crippen molar-refractivity contribution in [3.63, 3.8) is 0 Å². The van der Waals surface area contributed by atoms with Crippen LogP contribution in [-0.4, -0.2) is 25.1 Å². The summed E-state index contributed by atoms with van der Waals surface area (Å²) in [6.45, 7) is 0. The molecule has 2 N–H and O–H groups in total. The number of anilines is 2. The minimum atomic E-state index is -0.365. The van der Waals surface area contributed by atoms with E-state index in [0.717, 1.165) is 22.2 Å². The van der Waals surface area contributed by atoms with Crippen LogP contribution in [0.3, 0.4) is 0 Å². The molecule has 2 aromatic carbocycles. The number of rotatable bonds is 5. The number of fused-ring (bicyclic) bond motifs is 1. The van der Waals surface area contributed by atoms with E-state index in [1.54, 1.807) is 38.5 Å². The van der Waals surface area contributed by atoms with E-state index in [9.17, 15) is 9.59 Å². The summed E-state index contributed by atoms with van der Waals surface area (Å²) in [6, 6.07) is 12.6. The molecule has 1 aliphatic rings. The SMILES string of the molecule is COc1cccc(Nc2[nH]c(=O)sc2/C=C2/C=c3cc(OC)ccc3=NC2=O)c1.